The molecule has 0 radical (unpaired) electrons. The van der Waals surface area contributed by atoms with Gasteiger partial charge >= 0.3 is 5.97 Å². The van der Waals surface area contributed by atoms with Gasteiger partial charge in [-0.1, -0.05) is 71.9 Å². The highest BCUT2D eigenvalue weighted by Gasteiger charge is 2.52. The molecule has 1 aliphatic carbocycles. The summed E-state index contributed by atoms with van der Waals surface area (Å²) in [7, 11) is 1.65. The summed E-state index contributed by atoms with van der Waals surface area (Å²) in [5.74, 6) is 1.99. The molecule has 5 aromatic rings. The van der Waals surface area contributed by atoms with E-state index in [4.69, 9.17) is 19.0 Å². The van der Waals surface area contributed by atoms with Crippen molar-refractivity contribution in [3.05, 3.63) is 102 Å². The van der Waals surface area contributed by atoms with Crippen LogP contribution < -0.4 is 10.1 Å². The molecule has 7 nitrogen and oxygen atoms in total. The molecule has 3 aromatic carbocycles. The van der Waals surface area contributed by atoms with Crippen LogP contribution in [0, 0.1) is 6.92 Å². The number of methoxy groups -OCH3 is 1. The highest BCUT2D eigenvalue weighted by molar-refractivity contribution is 5.87. The minimum atomic E-state index is -0.464. The maximum Gasteiger partial charge on any atom is 0.316 e. The second-order valence-corrected chi connectivity index (χ2v) is 10.2. The molecule has 1 saturated carbocycles. The number of carbonyl (C=O) groups is 1. The van der Waals surface area contributed by atoms with Crippen molar-refractivity contribution in [2.75, 3.05) is 19.0 Å². The van der Waals surface area contributed by atoms with Gasteiger partial charge in [0.25, 0.3) is 0 Å². The fraction of sp³-hybridized carbons (Fsp3) is 0.206. The van der Waals surface area contributed by atoms with Gasteiger partial charge in [0.15, 0.2) is 5.76 Å². The number of carbonyl (C=O) groups excluding carboxylic acids is 1. The molecule has 206 valence electrons. The lowest BCUT2D eigenvalue weighted by molar-refractivity contribution is -0.146. The SMILES string of the molecule is CCOC(=O)C1(c2ccc(-c3ccc(-c4onc(C)c4Nc4cccc(-c5cccc(OC)c5)n4)cc3)cc2)CC1. The lowest BCUT2D eigenvalue weighted by Crippen LogP contribution is -2.23. The number of hydrogen-bond donors (Lipinski definition) is 1. The van der Waals surface area contributed by atoms with E-state index < -0.39 is 5.41 Å². The van der Waals surface area contributed by atoms with Crippen molar-refractivity contribution in [2.45, 2.75) is 32.1 Å². The number of hydrogen-bond acceptors (Lipinski definition) is 7. The predicted octanol–water partition coefficient (Wildman–Crippen LogP) is 7.73. The number of benzene rings is 3. The fourth-order valence-electron chi connectivity index (χ4n) is 5.09. The summed E-state index contributed by atoms with van der Waals surface area (Å²) >= 11 is 0. The van der Waals surface area contributed by atoms with Gasteiger partial charge in [0.1, 0.15) is 22.9 Å². The number of ether oxygens (including phenoxy) is 2. The molecule has 7 heteroatoms. The third-order valence-electron chi connectivity index (χ3n) is 7.56. The molecule has 0 atom stereocenters. The van der Waals surface area contributed by atoms with Crippen LogP contribution in [0.15, 0.2) is 95.5 Å². The molecule has 41 heavy (non-hydrogen) atoms. The van der Waals surface area contributed by atoms with Gasteiger partial charge in [-0.15, -0.1) is 0 Å². The largest absolute Gasteiger partial charge is 0.497 e. The van der Waals surface area contributed by atoms with E-state index in [-0.39, 0.29) is 5.97 Å². The zero-order chi connectivity index (χ0) is 28.4. The molecule has 0 saturated heterocycles. The van der Waals surface area contributed by atoms with Crippen LogP contribution in [0.4, 0.5) is 11.5 Å². The maximum atomic E-state index is 12.5. The van der Waals surface area contributed by atoms with Gasteiger partial charge in [-0.05, 0) is 67.6 Å². The van der Waals surface area contributed by atoms with E-state index in [1.807, 2.05) is 80.6 Å². The number of nitrogens with one attached hydrogen (secondary N) is 1. The molecule has 0 aliphatic heterocycles. The normalized spacial score (nSPS) is 13.4. The van der Waals surface area contributed by atoms with Crippen molar-refractivity contribution in [3.8, 4) is 39.5 Å². The van der Waals surface area contributed by atoms with Crippen LogP contribution in [0.5, 0.6) is 5.75 Å². The average molecular weight is 546 g/mol. The van der Waals surface area contributed by atoms with Crippen molar-refractivity contribution < 1.29 is 18.8 Å². The Morgan fingerprint density at radius 2 is 1.59 bits per heavy atom. The third kappa shape index (κ3) is 5.18. The second kappa shape index (κ2) is 10.9. The molecule has 2 heterocycles. The van der Waals surface area contributed by atoms with Crippen LogP contribution >= 0.6 is 0 Å². The maximum absolute atomic E-state index is 12.5. The number of aromatic nitrogens is 2. The van der Waals surface area contributed by atoms with Crippen molar-refractivity contribution in [2.24, 2.45) is 0 Å². The highest BCUT2D eigenvalue weighted by atomic mass is 16.5. The molecular weight excluding hydrogens is 514 g/mol. The molecule has 1 fully saturated rings. The predicted molar refractivity (Wildman–Crippen MR) is 159 cm³/mol. The number of rotatable bonds is 9. The van der Waals surface area contributed by atoms with Gasteiger partial charge in [0.2, 0.25) is 0 Å². The first kappa shape index (κ1) is 26.3. The summed E-state index contributed by atoms with van der Waals surface area (Å²) < 4.78 is 16.4. The molecule has 0 spiro atoms. The summed E-state index contributed by atoms with van der Waals surface area (Å²) in [6.45, 7) is 4.15. The van der Waals surface area contributed by atoms with Crippen molar-refractivity contribution in [3.63, 3.8) is 0 Å². The Labute approximate surface area is 239 Å². The van der Waals surface area contributed by atoms with Crippen molar-refractivity contribution in [1.82, 2.24) is 10.1 Å². The minimum absolute atomic E-state index is 0.119. The lowest BCUT2D eigenvalue weighted by atomic mass is 9.93. The zero-order valence-corrected chi connectivity index (χ0v) is 23.3. The topological polar surface area (TPSA) is 86.5 Å². The molecule has 2 aromatic heterocycles. The standard InChI is InChI=1S/C34H31N3O4/c1-4-40-33(38)34(19-20-34)27-17-15-24(16-18-27)23-11-13-25(14-12-23)32-31(22(2)37-41-32)36-30-10-6-9-29(35-30)26-7-5-8-28(21-26)39-3/h5-18,21H,4,19-20H2,1-3H3,(H,35,36). The minimum Gasteiger partial charge on any atom is -0.497 e. The van der Waals surface area contributed by atoms with Crippen LogP contribution in [0.1, 0.15) is 31.0 Å². The second-order valence-electron chi connectivity index (χ2n) is 10.2. The van der Waals surface area contributed by atoms with Gasteiger partial charge in [-0.2, -0.15) is 0 Å². The molecular formula is C34H31N3O4. The number of nitrogens with zero attached hydrogens (tertiary/aromatic N) is 2. The number of anilines is 2. The Balaban J connectivity index is 1.21. The quantitative estimate of drug-likeness (QED) is 0.190. The number of aryl methyl sites for hydroxylation is 1. The average Bonchev–Trinajstić information content (AvgIpc) is 3.76. The van der Waals surface area contributed by atoms with E-state index in [1.165, 1.54) is 0 Å². The summed E-state index contributed by atoms with van der Waals surface area (Å²) in [6.07, 6.45) is 1.68. The summed E-state index contributed by atoms with van der Waals surface area (Å²) in [4.78, 5) is 17.3. The van der Waals surface area contributed by atoms with Gasteiger partial charge in [-0.3, -0.25) is 4.79 Å². The Hall–Kier alpha value is -4.91. The Kier molecular flexibility index (Phi) is 7.01. The first-order valence-electron chi connectivity index (χ1n) is 13.7. The van der Waals surface area contributed by atoms with Gasteiger partial charge in [0, 0.05) is 11.1 Å². The molecule has 6 rings (SSSR count). The molecule has 1 aliphatic rings. The van der Waals surface area contributed by atoms with Crippen molar-refractivity contribution in [1.29, 1.82) is 0 Å². The molecule has 0 amide bonds. The van der Waals surface area contributed by atoms with Crippen LogP contribution in [-0.2, 0) is 14.9 Å². The highest BCUT2D eigenvalue weighted by Crippen LogP contribution is 2.49. The Bertz CT molecular complexity index is 1690. The molecule has 0 bridgehead atoms. The van der Waals surface area contributed by atoms with E-state index in [0.717, 1.165) is 63.5 Å². The van der Waals surface area contributed by atoms with E-state index in [0.29, 0.717) is 18.2 Å². The van der Waals surface area contributed by atoms with E-state index in [2.05, 4.69) is 34.7 Å². The summed E-state index contributed by atoms with van der Waals surface area (Å²) in [5, 5.41) is 7.63. The number of esters is 1. The lowest BCUT2D eigenvalue weighted by Gasteiger charge is -2.14. The van der Waals surface area contributed by atoms with Gasteiger partial charge in [-0.25, -0.2) is 4.98 Å². The van der Waals surface area contributed by atoms with Gasteiger partial charge < -0.3 is 19.3 Å². The molecule has 1 N–H and O–H groups in total. The summed E-state index contributed by atoms with van der Waals surface area (Å²) in [5.41, 5.74) is 6.90. The smallest absolute Gasteiger partial charge is 0.316 e. The van der Waals surface area contributed by atoms with Crippen LogP contribution in [-0.4, -0.2) is 29.8 Å². The monoisotopic (exact) mass is 545 g/mol. The fourth-order valence-corrected chi connectivity index (χ4v) is 5.09. The first-order chi connectivity index (χ1) is 20.0. The Morgan fingerprint density at radius 3 is 2.27 bits per heavy atom. The third-order valence-corrected chi connectivity index (χ3v) is 7.56. The van der Waals surface area contributed by atoms with E-state index in [1.54, 1.807) is 7.11 Å². The van der Waals surface area contributed by atoms with Gasteiger partial charge in [0.05, 0.1) is 24.8 Å². The van der Waals surface area contributed by atoms with E-state index >= 15 is 0 Å². The number of pyridine rings is 1. The Morgan fingerprint density at radius 1 is 0.902 bits per heavy atom. The van der Waals surface area contributed by atoms with E-state index in [9.17, 15) is 4.79 Å². The van der Waals surface area contributed by atoms with Crippen LogP contribution in [0.3, 0.4) is 0 Å². The van der Waals surface area contributed by atoms with Crippen LogP contribution in [0.25, 0.3) is 33.7 Å². The van der Waals surface area contributed by atoms with Crippen LogP contribution in [0.2, 0.25) is 0 Å². The molecule has 0 unspecified atom stereocenters. The summed E-state index contributed by atoms with van der Waals surface area (Å²) in [6, 6.07) is 30.1. The first-order valence-corrected chi connectivity index (χ1v) is 13.7. The van der Waals surface area contributed by atoms with Crippen molar-refractivity contribution >= 4 is 17.5 Å². The zero-order valence-electron chi connectivity index (χ0n) is 23.3.